The summed E-state index contributed by atoms with van der Waals surface area (Å²) in [4.78, 5) is 14.0. The zero-order valence-electron chi connectivity index (χ0n) is 15.9. The van der Waals surface area contributed by atoms with Crippen LogP contribution >= 0.6 is 0 Å². The lowest BCUT2D eigenvalue weighted by Crippen LogP contribution is -2.32. The highest BCUT2D eigenvalue weighted by Crippen LogP contribution is 2.33. The standard InChI is InChI=1S/C20H16F3N3O5/c21-20(22,23)31-17-4-2-1-3-16(17)14-7-5-13(6-8-14)11-29-15-9-25-10-18(26(27)28)24-19(25)30-12-15/h1-8,10,15H,9,11-12H2/t15-/m0/s1. The van der Waals surface area contributed by atoms with E-state index in [4.69, 9.17) is 9.47 Å². The van der Waals surface area contributed by atoms with E-state index in [0.717, 1.165) is 5.56 Å². The van der Waals surface area contributed by atoms with Crippen LogP contribution in [0.25, 0.3) is 11.1 Å². The number of hydrogen-bond donors (Lipinski definition) is 0. The van der Waals surface area contributed by atoms with Crippen molar-refractivity contribution in [2.24, 2.45) is 0 Å². The molecule has 2 aromatic carbocycles. The maximum absolute atomic E-state index is 12.6. The summed E-state index contributed by atoms with van der Waals surface area (Å²) in [7, 11) is 0. The molecule has 0 radical (unpaired) electrons. The van der Waals surface area contributed by atoms with Crippen molar-refractivity contribution in [3.63, 3.8) is 0 Å². The molecule has 3 aromatic rings. The average Bonchev–Trinajstić information content (AvgIpc) is 3.16. The molecule has 0 aliphatic carbocycles. The maximum atomic E-state index is 12.6. The van der Waals surface area contributed by atoms with Crippen LogP contribution in [-0.4, -0.2) is 33.5 Å². The van der Waals surface area contributed by atoms with Gasteiger partial charge in [0.2, 0.25) is 0 Å². The fourth-order valence-electron chi connectivity index (χ4n) is 3.17. The molecule has 0 fully saturated rings. The van der Waals surface area contributed by atoms with E-state index >= 15 is 0 Å². The van der Waals surface area contributed by atoms with Crippen LogP contribution in [0.1, 0.15) is 5.56 Å². The first kappa shape index (κ1) is 20.7. The number of benzene rings is 2. The number of ether oxygens (including phenoxy) is 3. The summed E-state index contributed by atoms with van der Waals surface area (Å²) in [5, 5.41) is 10.8. The molecule has 1 aromatic heterocycles. The number of nitro groups is 1. The van der Waals surface area contributed by atoms with Crippen LogP contribution in [0.5, 0.6) is 11.8 Å². The molecular formula is C20H16F3N3O5. The highest BCUT2D eigenvalue weighted by molar-refractivity contribution is 5.70. The van der Waals surface area contributed by atoms with E-state index in [1.54, 1.807) is 36.4 Å². The second-order valence-corrected chi connectivity index (χ2v) is 6.78. The average molecular weight is 435 g/mol. The molecule has 2 heterocycles. The summed E-state index contributed by atoms with van der Waals surface area (Å²) < 4.78 is 54.7. The van der Waals surface area contributed by atoms with Crippen molar-refractivity contribution in [1.82, 2.24) is 9.55 Å². The van der Waals surface area contributed by atoms with E-state index in [1.807, 2.05) is 0 Å². The Hall–Kier alpha value is -3.60. The third kappa shape index (κ3) is 4.94. The highest BCUT2D eigenvalue weighted by atomic mass is 19.4. The van der Waals surface area contributed by atoms with E-state index in [9.17, 15) is 23.3 Å². The van der Waals surface area contributed by atoms with Gasteiger partial charge < -0.3 is 24.3 Å². The van der Waals surface area contributed by atoms with Gasteiger partial charge in [0.25, 0.3) is 0 Å². The molecule has 0 N–H and O–H groups in total. The molecule has 1 aliphatic rings. The third-order valence-electron chi connectivity index (χ3n) is 4.58. The molecule has 0 amide bonds. The first-order valence-corrected chi connectivity index (χ1v) is 9.18. The van der Waals surface area contributed by atoms with Crippen molar-refractivity contribution < 1.29 is 32.3 Å². The molecule has 0 spiro atoms. The van der Waals surface area contributed by atoms with Gasteiger partial charge in [0, 0.05) is 10.5 Å². The number of hydrogen-bond acceptors (Lipinski definition) is 6. The smallest absolute Gasteiger partial charge is 0.443 e. The Bertz CT molecular complexity index is 1080. The van der Waals surface area contributed by atoms with Gasteiger partial charge in [-0.3, -0.25) is 4.57 Å². The van der Waals surface area contributed by atoms with Gasteiger partial charge in [0.15, 0.2) is 0 Å². The molecule has 0 saturated carbocycles. The maximum Gasteiger partial charge on any atom is 0.573 e. The van der Waals surface area contributed by atoms with Gasteiger partial charge in [0.05, 0.1) is 13.2 Å². The first-order valence-electron chi connectivity index (χ1n) is 9.18. The Morgan fingerprint density at radius 2 is 1.94 bits per heavy atom. The largest absolute Gasteiger partial charge is 0.573 e. The lowest BCUT2D eigenvalue weighted by atomic mass is 10.0. The summed E-state index contributed by atoms with van der Waals surface area (Å²) in [5.41, 5.74) is 1.70. The van der Waals surface area contributed by atoms with Crippen LogP contribution < -0.4 is 9.47 Å². The van der Waals surface area contributed by atoms with Gasteiger partial charge >= 0.3 is 18.2 Å². The SMILES string of the molecule is O=[N+]([O-])c1cn2c(n1)OC[C@@H](OCc1ccc(-c3ccccc3OC(F)(F)F)cc1)C2. The Balaban J connectivity index is 1.39. The highest BCUT2D eigenvalue weighted by Gasteiger charge is 2.32. The van der Waals surface area contributed by atoms with E-state index in [2.05, 4.69) is 9.72 Å². The van der Waals surface area contributed by atoms with Crippen LogP contribution in [0.2, 0.25) is 0 Å². The van der Waals surface area contributed by atoms with Gasteiger partial charge in [-0.1, -0.05) is 42.5 Å². The molecular weight excluding hydrogens is 419 g/mol. The Kier molecular flexibility index (Phi) is 5.51. The minimum Gasteiger partial charge on any atom is -0.443 e. The molecule has 8 nitrogen and oxygen atoms in total. The monoisotopic (exact) mass is 435 g/mol. The minimum absolute atomic E-state index is 0.177. The number of para-hydroxylation sites is 1. The zero-order chi connectivity index (χ0) is 22.0. The lowest BCUT2D eigenvalue weighted by molar-refractivity contribution is -0.389. The molecule has 4 rings (SSSR count). The quantitative estimate of drug-likeness (QED) is 0.423. The predicted molar refractivity (Wildman–Crippen MR) is 102 cm³/mol. The summed E-state index contributed by atoms with van der Waals surface area (Å²) in [6.45, 7) is 0.798. The van der Waals surface area contributed by atoms with E-state index in [0.29, 0.717) is 17.7 Å². The number of alkyl halides is 3. The fraction of sp³-hybridized carbons (Fsp3) is 0.250. The van der Waals surface area contributed by atoms with Crippen molar-refractivity contribution in [2.45, 2.75) is 25.6 Å². The molecule has 0 bridgehead atoms. The summed E-state index contributed by atoms with van der Waals surface area (Å²) in [5.74, 6) is -0.565. The topological polar surface area (TPSA) is 88.7 Å². The molecule has 162 valence electrons. The first-order chi connectivity index (χ1) is 14.8. The van der Waals surface area contributed by atoms with Crippen molar-refractivity contribution in [1.29, 1.82) is 0 Å². The van der Waals surface area contributed by atoms with Crippen molar-refractivity contribution >= 4 is 5.82 Å². The van der Waals surface area contributed by atoms with Crippen LogP contribution in [-0.2, 0) is 17.9 Å². The molecule has 11 heteroatoms. The summed E-state index contributed by atoms with van der Waals surface area (Å²) in [6.07, 6.45) is -3.82. The van der Waals surface area contributed by atoms with Gasteiger partial charge in [-0.25, -0.2) is 0 Å². The Labute approximate surface area is 173 Å². The van der Waals surface area contributed by atoms with Gasteiger partial charge in [0.1, 0.15) is 24.7 Å². The van der Waals surface area contributed by atoms with Gasteiger partial charge in [-0.15, -0.1) is 13.2 Å². The minimum atomic E-state index is -4.78. The van der Waals surface area contributed by atoms with Crippen LogP contribution in [0.3, 0.4) is 0 Å². The van der Waals surface area contributed by atoms with E-state index in [1.165, 1.54) is 22.9 Å². The molecule has 1 atom stereocenters. The number of nitrogens with zero attached hydrogens (tertiary/aromatic N) is 3. The van der Waals surface area contributed by atoms with Crippen LogP contribution in [0, 0.1) is 10.1 Å². The Morgan fingerprint density at radius 3 is 2.65 bits per heavy atom. The summed E-state index contributed by atoms with van der Waals surface area (Å²) in [6, 6.07) is 13.0. The van der Waals surface area contributed by atoms with Crippen molar-refractivity contribution in [3.05, 3.63) is 70.4 Å². The van der Waals surface area contributed by atoms with Gasteiger partial charge in [-0.2, -0.15) is 0 Å². The lowest BCUT2D eigenvalue weighted by Gasteiger charge is -2.22. The fourth-order valence-corrected chi connectivity index (χ4v) is 3.17. The van der Waals surface area contributed by atoms with E-state index in [-0.39, 0.29) is 36.9 Å². The van der Waals surface area contributed by atoms with Crippen molar-refractivity contribution in [2.75, 3.05) is 6.61 Å². The molecule has 0 saturated heterocycles. The second-order valence-electron chi connectivity index (χ2n) is 6.78. The van der Waals surface area contributed by atoms with Crippen LogP contribution in [0.15, 0.2) is 54.7 Å². The molecule has 31 heavy (non-hydrogen) atoms. The normalized spacial score (nSPS) is 15.8. The molecule has 0 unspecified atom stereocenters. The van der Waals surface area contributed by atoms with E-state index < -0.39 is 11.3 Å². The number of halogens is 3. The second kappa shape index (κ2) is 8.26. The number of rotatable bonds is 6. The van der Waals surface area contributed by atoms with Gasteiger partial charge in [-0.05, 0) is 22.1 Å². The predicted octanol–water partition coefficient (Wildman–Crippen LogP) is 4.33. The third-order valence-corrected chi connectivity index (χ3v) is 4.58. The number of imidazole rings is 1. The summed E-state index contributed by atoms with van der Waals surface area (Å²) >= 11 is 0. The zero-order valence-corrected chi connectivity index (χ0v) is 15.9. The molecule has 1 aliphatic heterocycles. The van der Waals surface area contributed by atoms with Crippen LogP contribution in [0.4, 0.5) is 19.0 Å². The Morgan fingerprint density at radius 1 is 1.19 bits per heavy atom. The van der Waals surface area contributed by atoms with Crippen molar-refractivity contribution in [3.8, 4) is 22.9 Å². The number of aromatic nitrogens is 2. The number of fused-ring (bicyclic) bond motifs is 1.